The molecule has 2 aromatic rings. The van der Waals surface area contributed by atoms with E-state index >= 15 is 0 Å². The number of pyridine rings is 1. The monoisotopic (exact) mass is 275 g/mol. The van der Waals surface area contributed by atoms with Crippen molar-refractivity contribution in [2.75, 3.05) is 6.61 Å². The predicted octanol–water partition coefficient (Wildman–Crippen LogP) is 1.83. The highest BCUT2D eigenvalue weighted by Crippen LogP contribution is 2.13. The van der Waals surface area contributed by atoms with Crippen molar-refractivity contribution >= 4 is 11.6 Å². The van der Waals surface area contributed by atoms with Crippen LogP contribution in [0.1, 0.15) is 35.3 Å². The molecule has 20 heavy (non-hydrogen) atoms. The van der Waals surface area contributed by atoms with E-state index in [9.17, 15) is 4.79 Å². The van der Waals surface area contributed by atoms with E-state index in [4.69, 9.17) is 9.57 Å². The number of carbonyl (C=O) groups excluding carboxylic acids is 1. The lowest BCUT2D eigenvalue weighted by molar-refractivity contribution is -0.186. The van der Waals surface area contributed by atoms with Crippen LogP contribution in [0.5, 0.6) is 0 Å². The number of nitrogens with one attached hydrogen (secondary N) is 1. The number of rotatable bonds is 3. The average Bonchev–Trinajstić information content (AvgIpc) is 2.89. The Balaban J connectivity index is 1.70. The van der Waals surface area contributed by atoms with E-state index in [1.807, 2.05) is 25.3 Å². The van der Waals surface area contributed by atoms with E-state index in [1.54, 1.807) is 4.40 Å². The zero-order chi connectivity index (χ0) is 13.9. The third-order valence-corrected chi connectivity index (χ3v) is 3.31. The van der Waals surface area contributed by atoms with E-state index in [-0.39, 0.29) is 12.2 Å². The van der Waals surface area contributed by atoms with Gasteiger partial charge in [0.1, 0.15) is 11.3 Å². The van der Waals surface area contributed by atoms with Gasteiger partial charge in [-0.05, 0) is 31.4 Å². The van der Waals surface area contributed by atoms with Gasteiger partial charge in [-0.15, -0.1) is 0 Å². The summed E-state index contributed by atoms with van der Waals surface area (Å²) in [6.07, 6.45) is 5.94. The minimum atomic E-state index is -0.353. The molecule has 1 aliphatic rings. The number of carbonyl (C=O) groups is 1. The first-order valence-corrected chi connectivity index (χ1v) is 6.75. The molecular formula is C14H17N3O3. The predicted molar refractivity (Wildman–Crippen MR) is 72.1 cm³/mol. The topological polar surface area (TPSA) is 64.9 Å². The maximum absolute atomic E-state index is 12.1. The zero-order valence-corrected chi connectivity index (χ0v) is 11.3. The number of amides is 1. The van der Waals surface area contributed by atoms with E-state index in [0.29, 0.717) is 12.3 Å². The average molecular weight is 275 g/mol. The van der Waals surface area contributed by atoms with E-state index in [1.165, 1.54) is 6.20 Å². The molecule has 1 saturated heterocycles. The molecule has 0 spiro atoms. The maximum atomic E-state index is 12.1. The fourth-order valence-electron chi connectivity index (χ4n) is 2.23. The van der Waals surface area contributed by atoms with Gasteiger partial charge in [-0.2, -0.15) is 0 Å². The van der Waals surface area contributed by atoms with Crippen molar-refractivity contribution in [3.05, 3.63) is 35.8 Å². The Labute approximate surface area is 116 Å². The van der Waals surface area contributed by atoms with E-state index in [2.05, 4.69) is 10.5 Å². The molecule has 1 aliphatic heterocycles. The van der Waals surface area contributed by atoms with Gasteiger partial charge in [0.05, 0.1) is 6.20 Å². The highest BCUT2D eigenvalue weighted by atomic mass is 16.8. The second-order valence-electron chi connectivity index (χ2n) is 4.92. The molecule has 1 N–H and O–H groups in total. The minimum absolute atomic E-state index is 0.322. The number of aromatic nitrogens is 2. The Hall–Kier alpha value is -1.92. The first-order valence-electron chi connectivity index (χ1n) is 6.75. The summed E-state index contributed by atoms with van der Waals surface area (Å²) in [5, 5.41) is 0. The Morgan fingerprint density at radius 2 is 2.40 bits per heavy atom. The molecular weight excluding hydrogens is 258 g/mol. The minimum Gasteiger partial charge on any atom is -0.350 e. The number of hydrogen-bond acceptors (Lipinski definition) is 4. The van der Waals surface area contributed by atoms with Crippen molar-refractivity contribution in [3.63, 3.8) is 0 Å². The number of hydroxylamine groups is 1. The number of nitrogens with zero attached hydrogens (tertiary/aromatic N) is 2. The summed E-state index contributed by atoms with van der Waals surface area (Å²) >= 11 is 0. The van der Waals surface area contributed by atoms with Crippen molar-refractivity contribution in [2.45, 2.75) is 32.5 Å². The molecule has 1 amide bonds. The highest BCUT2D eigenvalue weighted by Gasteiger charge is 2.18. The first kappa shape index (κ1) is 13.1. The van der Waals surface area contributed by atoms with Crippen molar-refractivity contribution in [1.82, 2.24) is 14.9 Å². The number of fused-ring (bicyclic) bond motifs is 1. The normalized spacial score (nSPS) is 19.1. The Kier molecular flexibility index (Phi) is 3.66. The quantitative estimate of drug-likeness (QED) is 0.868. The van der Waals surface area contributed by atoms with Gasteiger partial charge in [-0.25, -0.2) is 15.3 Å². The Morgan fingerprint density at radius 3 is 3.20 bits per heavy atom. The zero-order valence-electron chi connectivity index (χ0n) is 11.3. The summed E-state index contributed by atoms with van der Waals surface area (Å²) in [4.78, 5) is 21.6. The van der Waals surface area contributed by atoms with Crippen LogP contribution >= 0.6 is 0 Å². The fraction of sp³-hybridized carbons (Fsp3) is 0.429. The lowest BCUT2D eigenvalue weighted by Gasteiger charge is -2.21. The molecule has 1 unspecified atom stereocenters. The lowest BCUT2D eigenvalue weighted by Crippen LogP contribution is -2.33. The Morgan fingerprint density at radius 1 is 1.50 bits per heavy atom. The van der Waals surface area contributed by atoms with Crippen LogP contribution in [-0.2, 0) is 9.57 Å². The smallest absolute Gasteiger partial charge is 0.293 e. The molecule has 3 rings (SSSR count). The highest BCUT2D eigenvalue weighted by molar-refractivity contribution is 5.92. The van der Waals surface area contributed by atoms with Crippen LogP contribution in [0.25, 0.3) is 5.65 Å². The van der Waals surface area contributed by atoms with Crippen LogP contribution in [0.15, 0.2) is 24.5 Å². The van der Waals surface area contributed by atoms with Gasteiger partial charge in [0, 0.05) is 19.2 Å². The number of ether oxygens (including phenoxy) is 1. The van der Waals surface area contributed by atoms with Gasteiger partial charge in [-0.3, -0.25) is 9.20 Å². The van der Waals surface area contributed by atoms with Crippen molar-refractivity contribution in [3.8, 4) is 0 Å². The molecule has 1 fully saturated rings. The van der Waals surface area contributed by atoms with Gasteiger partial charge in [0.25, 0.3) is 5.91 Å². The third-order valence-electron chi connectivity index (χ3n) is 3.31. The number of hydrogen-bond donors (Lipinski definition) is 1. The van der Waals surface area contributed by atoms with Gasteiger partial charge < -0.3 is 4.74 Å². The van der Waals surface area contributed by atoms with Gasteiger partial charge in [-0.1, -0.05) is 6.07 Å². The summed E-state index contributed by atoms with van der Waals surface area (Å²) in [7, 11) is 0. The summed E-state index contributed by atoms with van der Waals surface area (Å²) in [5.74, 6) is -0.322. The second-order valence-corrected chi connectivity index (χ2v) is 4.92. The van der Waals surface area contributed by atoms with Crippen LogP contribution in [-0.4, -0.2) is 28.2 Å². The maximum Gasteiger partial charge on any atom is 0.293 e. The molecule has 106 valence electrons. The van der Waals surface area contributed by atoms with Crippen LogP contribution in [0.2, 0.25) is 0 Å². The molecule has 0 radical (unpaired) electrons. The molecule has 0 bridgehead atoms. The van der Waals surface area contributed by atoms with Crippen LogP contribution in [0, 0.1) is 6.92 Å². The van der Waals surface area contributed by atoms with Crippen LogP contribution in [0.3, 0.4) is 0 Å². The van der Waals surface area contributed by atoms with E-state index < -0.39 is 0 Å². The fourth-order valence-corrected chi connectivity index (χ4v) is 2.23. The summed E-state index contributed by atoms with van der Waals surface area (Å²) in [6.45, 7) is 2.64. The summed E-state index contributed by atoms with van der Waals surface area (Å²) < 4.78 is 7.14. The van der Waals surface area contributed by atoms with Crippen molar-refractivity contribution in [2.24, 2.45) is 0 Å². The molecule has 0 aromatic carbocycles. The second kappa shape index (κ2) is 5.60. The molecule has 0 saturated carbocycles. The standard InChI is InChI=1S/C14H17N3O3/c1-10-5-6-12-15-8-11(17(12)9-10)14(18)16-20-13-4-2-3-7-19-13/h5-6,8-9,13H,2-4,7H2,1H3,(H,16,18). The van der Waals surface area contributed by atoms with Crippen molar-refractivity contribution in [1.29, 1.82) is 0 Å². The molecule has 3 heterocycles. The molecule has 1 atom stereocenters. The van der Waals surface area contributed by atoms with Crippen LogP contribution < -0.4 is 5.48 Å². The molecule has 2 aromatic heterocycles. The Bertz CT molecular complexity index is 617. The third kappa shape index (κ3) is 2.66. The van der Waals surface area contributed by atoms with Crippen molar-refractivity contribution < 1.29 is 14.4 Å². The summed E-state index contributed by atoms with van der Waals surface area (Å²) in [6, 6.07) is 3.83. The molecule has 6 heteroatoms. The number of aryl methyl sites for hydroxylation is 1. The first-order chi connectivity index (χ1) is 9.74. The number of imidazole rings is 1. The molecule has 6 nitrogen and oxygen atoms in total. The molecule has 0 aliphatic carbocycles. The summed E-state index contributed by atoms with van der Waals surface area (Å²) in [5.41, 5.74) is 4.67. The lowest BCUT2D eigenvalue weighted by atomic mass is 10.2. The van der Waals surface area contributed by atoms with E-state index in [0.717, 1.165) is 30.5 Å². The largest absolute Gasteiger partial charge is 0.350 e. The van der Waals surface area contributed by atoms with Gasteiger partial charge >= 0.3 is 0 Å². The van der Waals surface area contributed by atoms with Crippen LogP contribution in [0.4, 0.5) is 0 Å². The van der Waals surface area contributed by atoms with Gasteiger partial charge in [0.2, 0.25) is 0 Å². The SMILES string of the molecule is Cc1ccc2ncc(C(=O)NOC3CCCCO3)n2c1. The van der Waals surface area contributed by atoms with Gasteiger partial charge in [0.15, 0.2) is 6.29 Å².